The number of rotatable bonds is 3. The van der Waals surface area contributed by atoms with Gasteiger partial charge in [-0.2, -0.15) is 0 Å². The molecule has 3 unspecified atom stereocenters. The summed E-state index contributed by atoms with van der Waals surface area (Å²) in [6.45, 7) is 4.95. The molecule has 0 spiro atoms. The van der Waals surface area contributed by atoms with Crippen molar-refractivity contribution >= 4 is 11.4 Å². The molecule has 1 aromatic carbocycles. The van der Waals surface area contributed by atoms with Crippen LogP contribution in [0, 0.1) is 27.3 Å². The summed E-state index contributed by atoms with van der Waals surface area (Å²) in [6, 6.07) is 3.58. The maximum atomic E-state index is 13.4. The van der Waals surface area contributed by atoms with E-state index in [1.807, 2.05) is 0 Å². The zero-order valence-corrected chi connectivity index (χ0v) is 12.1. The molecule has 114 valence electrons. The van der Waals surface area contributed by atoms with Gasteiger partial charge in [0.2, 0.25) is 0 Å². The lowest BCUT2D eigenvalue weighted by molar-refractivity contribution is -0.384. The smallest absolute Gasteiger partial charge is 0.292 e. The molecule has 0 amide bonds. The third kappa shape index (κ3) is 2.27. The third-order valence-corrected chi connectivity index (χ3v) is 4.80. The van der Waals surface area contributed by atoms with E-state index in [2.05, 4.69) is 19.2 Å². The molecule has 1 aliphatic carbocycles. The fraction of sp³-hybridized carbons (Fsp3) is 0.600. The van der Waals surface area contributed by atoms with Crippen LogP contribution in [0.15, 0.2) is 18.2 Å². The second kappa shape index (κ2) is 4.94. The number of halogens is 1. The summed E-state index contributed by atoms with van der Waals surface area (Å²) in [6.07, 6.45) is 2.21. The van der Waals surface area contributed by atoms with Gasteiger partial charge in [0.15, 0.2) is 0 Å². The van der Waals surface area contributed by atoms with Gasteiger partial charge in [0.25, 0.3) is 5.69 Å². The van der Waals surface area contributed by atoms with E-state index in [0.29, 0.717) is 5.92 Å². The first kappa shape index (κ1) is 14.3. The number of hydrogen-bond donors (Lipinski definition) is 1. The molecule has 1 N–H and O–H groups in total. The molecular formula is C15H19FN2O3. The van der Waals surface area contributed by atoms with Crippen molar-refractivity contribution in [2.45, 2.75) is 38.8 Å². The molecule has 1 heterocycles. The highest BCUT2D eigenvalue weighted by Gasteiger charge is 2.58. The van der Waals surface area contributed by atoms with Gasteiger partial charge >= 0.3 is 0 Å². The highest BCUT2D eigenvalue weighted by Crippen LogP contribution is 2.52. The van der Waals surface area contributed by atoms with Gasteiger partial charge in [0.05, 0.1) is 11.0 Å². The Bertz CT molecular complexity index is 576. The van der Waals surface area contributed by atoms with Gasteiger partial charge in [0, 0.05) is 36.1 Å². The van der Waals surface area contributed by atoms with Crippen LogP contribution < -0.4 is 5.32 Å². The SMILES string of the molecule is CC1(C)C(Nc2cc(F)ccc2[N+](=O)[O-])C2CCCOC21. The molecule has 0 aromatic heterocycles. The van der Waals surface area contributed by atoms with Crippen molar-refractivity contribution in [3.63, 3.8) is 0 Å². The molecule has 2 aliphatic rings. The number of nitro benzene ring substituents is 1. The zero-order valence-electron chi connectivity index (χ0n) is 12.1. The van der Waals surface area contributed by atoms with Crippen LogP contribution in [0.5, 0.6) is 0 Å². The van der Waals surface area contributed by atoms with Gasteiger partial charge in [-0.1, -0.05) is 13.8 Å². The molecule has 1 saturated carbocycles. The van der Waals surface area contributed by atoms with Gasteiger partial charge in [0.1, 0.15) is 11.5 Å². The van der Waals surface area contributed by atoms with Crippen molar-refractivity contribution < 1.29 is 14.1 Å². The van der Waals surface area contributed by atoms with E-state index in [1.54, 1.807) is 0 Å². The van der Waals surface area contributed by atoms with Crippen LogP contribution in [0.1, 0.15) is 26.7 Å². The normalized spacial score (nSPS) is 30.1. The number of benzene rings is 1. The van der Waals surface area contributed by atoms with Gasteiger partial charge in [-0.3, -0.25) is 10.1 Å². The van der Waals surface area contributed by atoms with Crippen LogP contribution >= 0.6 is 0 Å². The third-order valence-electron chi connectivity index (χ3n) is 4.80. The second-order valence-corrected chi connectivity index (χ2v) is 6.46. The minimum atomic E-state index is -0.484. The van der Waals surface area contributed by atoms with Crippen LogP contribution in [-0.4, -0.2) is 23.7 Å². The molecule has 6 heteroatoms. The van der Waals surface area contributed by atoms with Gasteiger partial charge in [-0.05, 0) is 18.9 Å². The molecular weight excluding hydrogens is 275 g/mol. The highest BCUT2D eigenvalue weighted by molar-refractivity contribution is 5.62. The minimum Gasteiger partial charge on any atom is -0.377 e. The Morgan fingerprint density at radius 1 is 1.48 bits per heavy atom. The molecule has 1 aromatic rings. The fourth-order valence-electron chi connectivity index (χ4n) is 3.77. The van der Waals surface area contributed by atoms with E-state index in [9.17, 15) is 14.5 Å². The lowest BCUT2D eigenvalue weighted by Gasteiger charge is -2.60. The maximum Gasteiger partial charge on any atom is 0.292 e. The number of nitro groups is 1. The van der Waals surface area contributed by atoms with Crippen LogP contribution in [0.4, 0.5) is 15.8 Å². The largest absolute Gasteiger partial charge is 0.377 e. The summed E-state index contributed by atoms with van der Waals surface area (Å²) < 4.78 is 19.2. The van der Waals surface area contributed by atoms with E-state index < -0.39 is 10.7 Å². The standard InChI is InChI=1S/C15H19FN2O3/c1-15(2)13(10-4-3-7-21-14(10)15)17-11-8-9(16)5-6-12(11)18(19)20/h5-6,8,10,13-14,17H,3-4,7H2,1-2H3. The first-order chi connectivity index (χ1) is 9.91. The molecule has 5 nitrogen and oxygen atoms in total. The molecule has 21 heavy (non-hydrogen) atoms. The second-order valence-electron chi connectivity index (χ2n) is 6.46. The Morgan fingerprint density at radius 2 is 2.24 bits per heavy atom. The Balaban J connectivity index is 1.86. The molecule has 0 radical (unpaired) electrons. The summed E-state index contributed by atoms with van der Waals surface area (Å²) in [7, 11) is 0. The Kier molecular flexibility index (Phi) is 3.36. The molecule has 3 atom stereocenters. The molecule has 1 aliphatic heterocycles. The first-order valence-corrected chi connectivity index (χ1v) is 7.23. The topological polar surface area (TPSA) is 64.4 Å². The Labute approximate surface area is 122 Å². The van der Waals surface area contributed by atoms with Crippen LogP contribution in [-0.2, 0) is 4.74 Å². The average molecular weight is 294 g/mol. The minimum absolute atomic E-state index is 0.0586. The number of nitrogens with zero attached hydrogens (tertiary/aromatic N) is 1. The van der Waals surface area contributed by atoms with E-state index in [0.717, 1.165) is 25.5 Å². The summed E-state index contributed by atoms with van der Waals surface area (Å²) in [4.78, 5) is 10.6. The molecule has 2 fully saturated rings. The van der Waals surface area contributed by atoms with E-state index in [-0.39, 0.29) is 28.9 Å². The van der Waals surface area contributed by atoms with Crippen molar-refractivity contribution in [2.75, 3.05) is 11.9 Å². The zero-order chi connectivity index (χ0) is 15.2. The van der Waals surface area contributed by atoms with Crippen molar-refractivity contribution in [1.82, 2.24) is 0 Å². The monoisotopic (exact) mass is 294 g/mol. The number of fused-ring (bicyclic) bond motifs is 1. The quantitative estimate of drug-likeness (QED) is 0.686. The van der Waals surface area contributed by atoms with Crippen LogP contribution in [0.25, 0.3) is 0 Å². The summed E-state index contributed by atoms with van der Waals surface area (Å²) in [5.74, 6) is -0.145. The number of ether oxygens (including phenoxy) is 1. The van der Waals surface area contributed by atoms with Crippen molar-refractivity contribution in [3.8, 4) is 0 Å². The van der Waals surface area contributed by atoms with Crippen molar-refractivity contribution in [2.24, 2.45) is 11.3 Å². The van der Waals surface area contributed by atoms with Gasteiger partial charge < -0.3 is 10.1 Å². The van der Waals surface area contributed by atoms with Crippen LogP contribution in [0.2, 0.25) is 0 Å². The average Bonchev–Trinajstić information content (AvgIpc) is 2.44. The summed E-state index contributed by atoms with van der Waals surface area (Å²) >= 11 is 0. The number of hydrogen-bond acceptors (Lipinski definition) is 4. The Hall–Kier alpha value is -1.69. The predicted molar refractivity (Wildman–Crippen MR) is 76.7 cm³/mol. The van der Waals surface area contributed by atoms with Gasteiger partial charge in [-0.15, -0.1) is 0 Å². The fourth-order valence-corrected chi connectivity index (χ4v) is 3.77. The molecule has 3 rings (SSSR count). The van der Waals surface area contributed by atoms with E-state index >= 15 is 0 Å². The van der Waals surface area contributed by atoms with E-state index in [1.165, 1.54) is 12.1 Å². The molecule has 1 saturated heterocycles. The molecule has 0 bridgehead atoms. The predicted octanol–water partition coefficient (Wildman–Crippen LogP) is 3.35. The highest BCUT2D eigenvalue weighted by atomic mass is 19.1. The van der Waals surface area contributed by atoms with E-state index in [4.69, 9.17) is 4.74 Å². The summed E-state index contributed by atoms with van der Waals surface area (Å²) in [5.41, 5.74) is 0.0418. The first-order valence-electron chi connectivity index (χ1n) is 7.23. The number of nitrogens with one attached hydrogen (secondary N) is 1. The lowest BCUT2D eigenvalue weighted by Crippen LogP contribution is -2.67. The Morgan fingerprint density at radius 3 is 2.95 bits per heavy atom. The summed E-state index contributed by atoms with van der Waals surface area (Å²) in [5, 5.41) is 14.3. The van der Waals surface area contributed by atoms with Crippen LogP contribution in [0.3, 0.4) is 0 Å². The van der Waals surface area contributed by atoms with Gasteiger partial charge in [-0.25, -0.2) is 4.39 Å². The van der Waals surface area contributed by atoms with Crippen molar-refractivity contribution in [3.05, 3.63) is 34.1 Å². The number of anilines is 1. The maximum absolute atomic E-state index is 13.4. The lowest BCUT2D eigenvalue weighted by atomic mass is 9.55. The van der Waals surface area contributed by atoms with Crippen molar-refractivity contribution in [1.29, 1.82) is 0 Å².